The first-order chi connectivity index (χ1) is 4.86. The molecule has 0 atom stereocenters. The number of carboxylic acid groups (broad SMARTS) is 2. The lowest BCUT2D eigenvalue weighted by molar-refractivity contribution is 0.137. The molecule has 0 bridgehead atoms. The van der Waals surface area contributed by atoms with Gasteiger partial charge in [-0.2, -0.15) is 0 Å². The molecule has 4 heteroatoms. The second-order valence-corrected chi connectivity index (χ2v) is 2.76. The summed E-state index contributed by atoms with van der Waals surface area (Å²) in [6.07, 6.45) is -1.83. The maximum atomic E-state index is 8.56. The zero-order valence-electron chi connectivity index (χ0n) is 7.46. The number of carbonyl (C=O) groups is 1. The van der Waals surface area contributed by atoms with Gasteiger partial charge in [0.15, 0.2) is 0 Å². The van der Waals surface area contributed by atoms with Gasteiger partial charge in [-0.15, -0.1) is 0 Å². The Kier molecular flexibility index (Phi) is 8.58. The van der Waals surface area contributed by atoms with Gasteiger partial charge in [0.1, 0.15) is 0 Å². The summed E-state index contributed by atoms with van der Waals surface area (Å²) in [5.74, 6) is 0. The van der Waals surface area contributed by atoms with Gasteiger partial charge < -0.3 is 15.5 Å². The molecule has 68 valence electrons. The molecule has 4 nitrogen and oxygen atoms in total. The van der Waals surface area contributed by atoms with Gasteiger partial charge in [-0.1, -0.05) is 27.7 Å². The molecular weight excluding hydrogens is 146 g/mol. The molecular formula is C7H17NO3. The van der Waals surface area contributed by atoms with Crippen molar-refractivity contribution in [3.63, 3.8) is 0 Å². The van der Waals surface area contributed by atoms with Crippen LogP contribution in [0.1, 0.15) is 27.7 Å². The standard InChI is InChI=1S/C6H15N.CH2O3/c1-5(2)7-6(3)4;2-1(3)4/h5-7H,1-4H3;(H2,2,3,4). The van der Waals surface area contributed by atoms with E-state index in [4.69, 9.17) is 15.0 Å². The Balaban J connectivity index is 0. The highest BCUT2D eigenvalue weighted by Gasteiger charge is 1.92. The lowest BCUT2D eigenvalue weighted by atomic mass is 10.3. The van der Waals surface area contributed by atoms with E-state index in [0.717, 1.165) is 0 Å². The molecule has 0 saturated heterocycles. The van der Waals surface area contributed by atoms with Crippen molar-refractivity contribution in [2.75, 3.05) is 0 Å². The summed E-state index contributed by atoms with van der Waals surface area (Å²) in [6.45, 7) is 8.61. The maximum absolute atomic E-state index is 8.56. The Morgan fingerprint density at radius 3 is 1.27 bits per heavy atom. The van der Waals surface area contributed by atoms with Crippen LogP contribution in [0.5, 0.6) is 0 Å². The van der Waals surface area contributed by atoms with E-state index in [9.17, 15) is 0 Å². The third-order valence-electron chi connectivity index (χ3n) is 0.667. The predicted octanol–water partition coefficient (Wildman–Crippen LogP) is 1.62. The Bertz CT molecular complexity index is 91.9. The molecule has 0 saturated carbocycles. The number of hydrogen-bond acceptors (Lipinski definition) is 2. The molecule has 0 aliphatic carbocycles. The van der Waals surface area contributed by atoms with E-state index in [0.29, 0.717) is 12.1 Å². The van der Waals surface area contributed by atoms with E-state index in [1.165, 1.54) is 0 Å². The summed E-state index contributed by atoms with van der Waals surface area (Å²) in [7, 11) is 0. The molecule has 0 aliphatic rings. The van der Waals surface area contributed by atoms with E-state index in [-0.39, 0.29) is 0 Å². The Morgan fingerprint density at radius 2 is 1.27 bits per heavy atom. The number of nitrogens with one attached hydrogen (secondary N) is 1. The van der Waals surface area contributed by atoms with Gasteiger partial charge in [0.25, 0.3) is 0 Å². The SMILES string of the molecule is CC(C)NC(C)C.O=C(O)O. The third-order valence-corrected chi connectivity index (χ3v) is 0.667. The van der Waals surface area contributed by atoms with Gasteiger partial charge in [0, 0.05) is 12.1 Å². The molecule has 0 radical (unpaired) electrons. The van der Waals surface area contributed by atoms with Crippen molar-refractivity contribution in [3.05, 3.63) is 0 Å². The van der Waals surface area contributed by atoms with Crippen LogP contribution in [-0.4, -0.2) is 28.5 Å². The number of hydrogen-bond donors (Lipinski definition) is 3. The van der Waals surface area contributed by atoms with Crippen LogP contribution in [0.4, 0.5) is 4.79 Å². The lowest BCUT2D eigenvalue weighted by Gasteiger charge is -2.10. The fraction of sp³-hybridized carbons (Fsp3) is 0.857. The van der Waals surface area contributed by atoms with E-state index in [1.54, 1.807) is 0 Å². The van der Waals surface area contributed by atoms with Crippen molar-refractivity contribution >= 4 is 6.16 Å². The molecule has 0 heterocycles. The molecule has 11 heavy (non-hydrogen) atoms. The molecule has 0 amide bonds. The molecule has 3 N–H and O–H groups in total. The van der Waals surface area contributed by atoms with Crippen LogP contribution in [0, 0.1) is 0 Å². The van der Waals surface area contributed by atoms with Crippen LogP contribution in [0.15, 0.2) is 0 Å². The topological polar surface area (TPSA) is 69.6 Å². The second-order valence-electron chi connectivity index (χ2n) is 2.76. The lowest BCUT2D eigenvalue weighted by Crippen LogP contribution is -2.29. The second kappa shape index (κ2) is 7.34. The highest BCUT2D eigenvalue weighted by molar-refractivity contribution is 5.53. The maximum Gasteiger partial charge on any atom is 0.503 e. The average molecular weight is 163 g/mol. The van der Waals surface area contributed by atoms with Gasteiger partial charge >= 0.3 is 6.16 Å². The first-order valence-corrected chi connectivity index (χ1v) is 3.54. The number of rotatable bonds is 2. The Labute approximate surface area is 67.2 Å². The van der Waals surface area contributed by atoms with E-state index < -0.39 is 6.16 Å². The first kappa shape index (κ1) is 12.9. The van der Waals surface area contributed by atoms with E-state index in [2.05, 4.69) is 33.0 Å². The van der Waals surface area contributed by atoms with Gasteiger partial charge in [-0.3, -0.25) is 0 Å². The largest absolute Gasteiger partial charge is 0.503 e. The monoisotopic (exact) mass is 163 g/mol. The Morgan fingerprint density at radius 1 is 1.09 bits per heavy atom. The van der Waals surface area contributed by atoms with Gasteiger partial charge in [0.05, 0.1) is 0 Å². The summed E-state index contributed by atoms with van der Waals surface area (Å²) in [5, 5.41) is 17.2. The normalized spacial score (nSPS) is 9.27. The first-order valence-electron chi connectivity index (χ1n) is 3.54. The molecule has 0 aromatic carbocycles. The minimum atomic E-state index is -1.83. The summed E-state index contributed by atoms with van der Waals surface area (Å²) < 4.78 is 0. The predicted molar refractivity (Wildman–Crippen MR) is 44.1 cm³/mol. The van der Waals surface area contributed by atoms with Crippen LogP contribution in [-0.2, 0) is 0 Å². The summed E-state index contributed by atoms with van der Waals surface area (Å²) >= 11 is 0. The van der Waals surface area contributed by atoms with Gasteiger partial charge in [-0.25, -0.2) is 4.79 Å². The zero-order valence-corrected chi connectivity index (χ0v) is 7.46. The molecule has 0 aromatic rings. The van der Waals surface area contributed by atoms with Crippen LogP contribution in [0.25, 0.3) is 0 Å². The summed E-state index contributed by atoms with van der Waals surface area (Å²) in [6, 6.07) is 1.25. The molecule has 0 spiro atoms. The van der Waals surface area contributed by atoms with Crippen LogP contribution < -0.4 is 5.32 Å². The quantitative estimate of drug-likeness (QED) is 0.578. The highest BCUT2D eigenvalue weighted by atomic mass is 16.6. The van der Waals surface area contributed by atoms with E-state index in [1.807, 2.05) is 0 Å². The molecule has 0 aliphatic heterocycles. The van der Waals surface area contributed by atoms with E-state index >= 15 is 0 Å². The fourth-order valence-electron chi connectivity index (χ4n) is 0.667. The highest BCUT2D eigenvalue weighted by Crippen LogP contribution is 1.80. The minimum Gasteiger partial charge on any atom is -0.450 e. The van der Waals surface area contributed by atoms with Gasteiger partial charge in [0.2, 0.25) is 0 Å². The smallest absolute Gasteiger partial charge is 0.450 e. The Hall–Kier alpha value is -0.770. The zero-order chi connectivity index (χ0) is 9.44. The van der Waals surface area contributed by atoms with Crippen molar-refractivity contribution in [2.45, 2.75) is 39.8 Å². The molecule has 0 fully saturated rings. The molecule has 0 aromatic heterocycles. The summed E-state index contributed by atoms with van der Waals surface area (Å²) in [4.78, 5) is 8.56. The summed E-state index contributed by atoms with van der Waals surface area (Å²) in [5.41, 5.74) is 0. The van der Waals surface area contributed by atoms with Crippen LogP contribution in [0.3, 0.4) is 0 Å². The molecule has 0 unspecified atom stereocenters. The van der Waals surface area contributed by atoms with Crippen molar-refractivity contribution in [1.82, 2.24) is 5.32 Å². The van der Waals surface area contributed by atoms with Gasteiger partial charge in [-0.05, 0) is 0 Å². The third kappa shape index (κ3) is 46.2. The molecule has 0 rings (SSSR count). The van der Waals surface area contributed by atoms with Crippen molar-refractivity contribution < 1.29 is 15.0 Å². The van der Waals surface area contributed by atoms with Crippen molar-refractivity contribution in [3.8, 4) is 0 Å². The van der Waals surface area contributed by atoms with Crippen molar-refractivity contribution in [2.24, 2.45) is 0 Å². The fourth-order valence-corrected chi connectivity index (χ4v) is 0.667. The minimum absolute atomic E-state index is 0.625. The average Bonchev–Trinajstić information content (AvgIpc) is 1.56. The van der Waals surface area contributed by atoms with Crippen molar-refractivity contribution in [1.29, 1.82) is 0 Å². The van der Waals surface area contributed by atoms with Crippen LogP contribution in [0.2, 0.25) is 0 Å². The van der Waals surface area contributed by atoms with Crippen LogP contribution >= 0.6 is 0 Å².